The lowest BCUT2D eigenvalue weighted by Crippen LogP contribution is -2.34. The number of carbonyl (C=O) groups is 2. The summed E-state index contributed by atoms with van der Waals surface area (Å²) in [4.78, 5) is 26.6. The highest BCUT2D eigenvalue weighted by molar-refractivity contribution is 6.32. The molecule has 10 heteroatoms. The molecule has 0 aromatic heterocycles. The lowest BCUT2D eigenvalue weighted by Gasteiger charge is -2.24. The molecule has 0 bridgehead atoms. The number of fused-ring (bicyclic) bond motifs is 1. The number of carbonyl (C=O) groups excluding carboxylic acids is 1. The van der Waals surface area contributed by atoms with Gasteiger partial charge in [-0.25, -0.2) is 0 Å². The van der Waals surface area contributed by atoms with E-state index >= 15 is 0 Å². The van der Waals surface area contributed by atoms with E-state index < -0.39 is 23.6 Å². The number of nitrogens with zero attached hydrogens (tertiary/aromatic N) is 1. The summed E-state index contributed by atoms with van der Waals surface area (Å²) in [6, 6.07) is 14.8. The second kappa shape index (κ2) is 10.8. The van der Waals surface area contributed by atoms with Crippen LogP contribution >= 0.6 is 11.6 Å². The number of alkyl halides is 3. The zero-order valence-electron chi connectivity index (χ0n) is 20.7. The van der Waals surface area contributed by atoms with Crippen LogP contribution in [0.15, 0.2) is 60.7 Å². The number of ether oxygens (including phenoxy) is 2. The first-order valence-corrected chi connectivity index (χ1v) is 12.9. The van der Waals surface area contributed by atoms with E-state index in [0.717, 1.165) is 30.5 Å². The molecule has 2 aliphatic rings. The third-order valence-electron chi connectivity index (χ3n) is 6.90. The van der Waals surface area contributed by atoms with Gasteiger partial charge in [0.2, 0.25) is 0 Å². The third-order valence-corrected chi connectivity index (χ3v) is 7.20. The van der Waals surface area contributed by atoms with E-state index in [1.807, 2.05) is 0 Å². The molecule has 1 unspecified atom stereocenters. The average molecular weight is 560 g/mol. The monoisotopic (exact) mass is 559 g/mol. The maximum Gasteiger partial charge on any atom is 0.416 e. The minimum Gasteiger partial charge on any atom is -0.493 e. The largest absolute Gasteiger partial charge is 0.493 e. The van der Waals surface area contributed by atoms with Gasteiger partial charge in [-0.15, -0.1) is 0 Å². The highest BCUT2D eigenvalue weighted by Gasteiger charge is 2.33. The molecular formula is C29H25ClF3NO5. The van der Waals surface area contributed by atoms with Gasteiger partial charge in [-0.05, 0) is 73.7 Å². The molecule has 1 saturated carbocycles. The molecule has 1 fully saturated rings. The quantitative estimate of drug-likeness (QED) is 0.323. The average Bonchev–Trinajstić information content (AvgIpc) is 3.74. The van der Waals surface area contributed by atoms with Crippen LogP contribution in [-0.4, -0.2) is 41.1 Å². The first kappa shape index (κ1) is 26.9. The summed E-state index contributed by atoms with van der Waals surface area (Å²) in [5.74, 6) is -0.648. The molecule has 0 spiro atoms. The summed E-state index contributed by atoms with van der Waals surface area (Å²) < 4.78 is 50.0. The Balaban J connectivity index is 1.25. The molecule has 5 rings (SSSR count). The zero-order valence-corrected chi connectivity index (χ0v) is 21.5. The summed E-state index contributed by atoms with van der Waals surface area (Å²) in [6.45, 7) is 0.674. The highest BCUT2D eigenvalue weighted by Crippen LogP contribution is 2.42. The number of halogens is 4. The second-order valence-electron chi connectivity index (χ2n) is 9.65. The van der Waals surface area contributed by atoms with E-state index in [1.165, 1.54) is 12.1 Å². The molecule has 0 saturated heterocycles. The van der Waals surface area contributed by atoms with Crippen LogP contribution in [-0.2, 0) is 17.4 Å². The maximum absolute atomic E-state index is 13.3. The Labute approximate surface area is 227 Å². The normalized spacial score (nSPS) is 16.7. The van der Waals surface area contributed by atoms with Crippen molar-refractivity contribution in [3.8, 4) is 17.2 Å². The minimum absolute atomic E-state index is 0.117. The Bertz CT molecular complexity index is 1370. The van der Waals surface area contributed by atoms with Gasteiger partial charge in [0.05, 0.1) is 23.1 Å². The molecule has 1 atom stereocenters. The summed E-state index contributed by atoms with van der Waals surface area (Å²) in [5.41, 5.74) is 0.998. The topological polar surface area (TPSA) is 76.1 Å². The van der Waals surface area contributed by atoms with Gasteiger partial charge in [0.1, 0.15) is 17.2 Å². The molecular weight excluding hydrogens is 535 g/mol. The Morgan fingerprint density at radius 3 is 2.33 bits per heavy atom. The van der Waals surface area contributed by atoms with Gasteiger partial charge in [0.15, 0.2) is 0 Å². The highest BCUT2D eigenvalue weighted by atomic mass is 35.5. The Morgan fingerprint density at radius 1 is 1.03 bits per heavy atom. The molecule has 1 heterocycles. The van der Waals surface area contributed by atoms with E-state index in [0.29, 0.717) is 47.8 Å². The number of carboxylic acids is 1. The minimum atomic E-state index is -4.38. The first-order chi connectivity index (χ1) is 18.6. The smallest absolute Gasteiger partial charge is 0.416 e. The van der Waals surface area contributed by atoms with Crippen LogP contribution < -0.4 is 9.47 Å². The van der Waals surface area contributed by atoms with Crippen molar-refractivity contribution in [3.05, 3.63) is 87.9 Å². The molecule has 1 amide bonds. The van der Waals surface area contributed by atoms with Crippen molar-refractivity contribution in [1.29, 1.82) is 0 Å². The molecule has 204 valence electrons. The van der Waals surface area contributed by atoms with Gasteiger partial charge >= 0.3 is 12.1 Å². The molecule has 6 nitrogen and oxygen atoms in total. The van der Waals surface area contributed by atoms with Crippen molar-refractivity contribution in [3.63, 3.8) is 0 Å². The number of carboxylic acid groups (broad SMARTS) is 1. The van der Waals surface area contributed by atoms with Gasteiger partial charge in [-0.1, -0.05) is 23.7 Å². The van der Waals surface area contributed by atoms with Gasteiger partial charge in [0, 0.05) is 29.8 Å². The molecule has 3 aromatic carbocycles. The SMILES string of the molecule is O=C(O)C1CCOc2cc(Oc3ccc(C(=O)N(CCc4ccc(C(F)(F)F)cc4)C4CC4)cc3)c(Cl)cc21. The van der Waals surface area contributed by atoms with Crippen molar-refractivity contribution >= 4 is 23.5 Å². The van der Waals surface area contributed by atoms with E-state index in [-0.39, 0.29) is 23.6 Å². The van der Waals surface area contributed by atoms with E-state index in [4.69, 9.17) is 21.1 Å². The van der Waals surface area contributed by atoms with Crippen molar-refractivity contribution < 1.29 is 37.3 Å². The lowest BCUT2D eigenvalue weighted by atomic mass is 9.93. The number of hydrogen-bond acceptors (Lipinski definition) is 4. The predicted octanol–water partition coefficient (Wildman–Crippen LogP) is 6.95. The van der Waals surface area contributed by atoms with Crippen molar-refractivity contribution in [1.82, 2.24) is 4.90 Å². The predicted molar refractivity (Wildman–Crippen MR) is 138 cm³/mol. The molecule has 1 aliphatic heterocycles. The van der Waals surface area contributed by atoms with Crippen molar-refractivity contribution in [2.24, 2.45) is 0 Å². The number of aliphatic carboxylic acids is 1. The second-order valence-corrected chi connectivity index (χ2v) is 10.1. The number of hydrogen-bond donors (Lipinski definition) is 1. The molecule has 3 aromatic rings. The molecule has 1 aliphatic carbocycles. The zero-order chi connectivity index (χ0) is 27.7. The van der Waals surface area contributed by atoms with Gasteiger partial charge in [-0.2, -0.15) is 13.2 Å². The van der Waals surface area contributed by atoms with Crippen molar-refractivity contribution in [2.45, 2.75) is 43.8 Å². The fourth-order valence-electron chi connectivity index (χ4n) is 4.63. The summed E-state index contributed by atoms with van der Waals surface area (Å²) in [5, 5.41) is 9.70. The van der Waals surface area contributed by atoms with Crippen LogP contribution in [0.2, 0.25) is 5.02 Å². The van der Waals surface area contributed by atoms with Crippen LogP contribution in [0.25, 0.3) is 0 Å². The Morgan fingerprint density at radius 2 is 1.72 bits per heavy atom. The van der Waals surface area contributed by atoms with Crippen LogP contribution in [0.1, 0.15) is 52.2 Å². The van der Waals surface area contributed by atoms with E-state index in [2.05, 4.69) is 0 Å². The first-order valence-electron chi connectivity index (χ1n) is 12.5. The summed E-state index contributed by atoms with van der Waals surface area (Å²) in [6.07, 6.45) is -1.80. The van der Waals surface area contributed by atoms with Crippen LogP contribution in [0.4, 0.5) is 13.2 Å². The van der Waals surface area contributed by atoms with Crippen LogP contribution in [0, 0.1) is 0 Å². The van der Waals surface area contributed by atoms with Crippen LogP contribution in [0.5, 0.6) is 17.2 Å². The van der Waals surface area contributed by atoms with Crippen molar-refractivity contribution in [2.75, 3.05) is 13.2 Å². The van der Waals surface area contributed by atoms with Gasteiger partial charge in [-0.3, -0.25) is 9.59 Å². The third kappa shape index (κ3) is 6.14. The maximum atomic E-state index is 13.3. The standard InChI is InChI=1S/C29H25ClF3NO5/c30-24-15-23-22(28(36)37)12-14-38-25(23)16-26(24)39-21-9-3-18(4-10-21)27(35)34(20-7-8-20)13-11-17-1-5-19(6-2-17)29(31,32)33/h1-6,9-10,15-16,20,22H,7-8,11-14H2,(H,36,37). The number of amides is 1. The van der Waals surface area contributed by atoms with Crippen LogP contribution in [0.3, 0.4) is 0 Å². The van der Waals surface area contributed by atoms with E-state index in [1.54, 1.807) is 41.3 Å². The fraction of sp³-hybridized carbons (Fsp3) is 0.310. The summed E-state index contributed by atoms with van der Waals surface area (Å²) in [7, 11) is 0. The number of rotatable bonds is 8. The molecule has 0 radical (unpaired) electrons. The Hall–Kier alpha value is -3.72. The number of benzene rings is 3. The van der Waals surface area contributed by atoms with Gasteiger partial charge < -0.3 is 19.5 Å². The van der Waals surface area contributed by atoms with E-state index in [9.17, 15) is 27.9 Å². The lowest BCUT2D eigenvalue weighted by molar-refractivity contribution is -0.139. The fourth-order valence-corrected chi connectivity index (χ4v) is 4.84. The Kier molecular flexibility index (Phi) is 7.44. The molecule has 1 N–H and O–H groups in total. The van der Waals surface area contributed by atoms with Gasteiger partial charge in [0.25, 0.3) is 5.91 Å². The molecule has 39 heavy (non-hydrogen) atoms. The summed E-state index contributed by atoms with van der Waals surface area (Å²) >= 11 is 6.37.